The fraction of sp³-hybridized carbons (Fsp3) is 0.381. The highest BCUT2D eigenvalue weighted by Gasteiger charge is 2.65. The van der Waals surface area contributed by atoms with Crippen LogP contribution >= 0.6 is 0 Å². The van der Waals surface area contributed by atoms with Crippen LogP contribution in [0.5, 0.6) is 5.75 Å². The summed E-state index contributed by atoms with van der Waals surface area (Å²) in [6, 6.07) is 4.01. The molecule has 1 aliphatic heterocycles. The van der Waals surface area contributed by atoms with E-state index in [1.54, 1.807) is 0 Å². The highest BCUT2D eigenvalue weighted by Crippen LogP contribution is 2.55. The fourth-order valence-corrected chi connectivity index (χ4v) is 3.88. The van der Waals surface area contributed by atoms with Crippen LogP contribution in [-0.2, 0) is 9.53 Å². The zero-order valence-corrected chi connectivity index (χ0v) is 17.5. The van der Waals surface area contributed by atoms with Crippen molar-refractivity contribution in [3.05, 3.63) is 53.4 Å². The number of aromatic carboxylic acids is 1. The van der Waals surface area contributed by atoms with Gasteiger partial charge >= 0.3 is 12.1 Å². The van der Waals surface area contributed by atoms with Gasteiger partial charge in [0.1, 0.15) is 11.8 Å². The SMILES string of the molecule is COc1c([C@H]2[C@H](C(=O)Nc3ccnc(C(=O)O)c3)O[C@@](C)(C(F)(F)F)[C@H]2C)ccc(F)c1F. The first-order valence-electron chi connectivity index (χ1n) is 9.58. The van der Waals surface area contributed by atoms with Gasteiger partial charge in [-0.05, 0) is 25.1 Å². The lowest BCUT2D eigenvalue weighted by molar-refractivity contribution is -0.272. The van der Waals surface area contributed by atoms with Crippen LogP contribution in [0.4, 0.5) is 27.6 Å². The number of halogens is 5. The van der Waals surface area contributed by atoms with Crippen molar-refractivity contribution in [3.8, 4) is 5.75 Å². The first kappa shape index (κ1) is 24.4. The molecule has 178 valence electrons. The molecule has 0 unspecified atom stereocenters. The Kier molecular flexibility index (Phi) is 6.33. The molecule has 4 atom stereocenters. The number of carboxylic acid groups (broad SMARTS) is 1. The number of amides is 1. The third kappa shape index (κ3) is 4.22. The first-order valence-corrected chi connectivity index (χ1v) is 9.58. The minimum absolute atomic E-state index is 0.0553. The van der Waals surface area contributed by atoms with E-state index in [1.807, 2.05) is 0 Å². The number of carboxylic acids is 1. The van der Waals surface area contributed by atoms with Gasteiger partial charge in [0.2, 0.25) is 5.82 Å². The van der Waals surface area contributed by atoms with Crippen LogP contribution < -0.4 is 10.1 Å². The van der Waals surface area contributed by atoms with E-state index in [2.05, 4.69) is 10.3 Å². The lowest BCUT2D eigenvalue weighted by Crippen LogP contribution is -2.47. The van der Waals surface area contributed by atoms with Gasteiger partial charge in [0.05, 0.1) is 7.11 Å². The number of rotatable bonds is 5. The molecule has 0 saturated carbocycles. The third-order valence-electron chi connectivity index (χ3n) is 5.82. The van der Waals surface area contributed by atoms with Crippen LogP contribution in [0.3, 0.4) is 0 Å². The summed E-state index contributed by atoms with van der Waals surface area (Å²) in [6.07, 6.45) is -5.61. The first-order chi connectivity index (χ1) is 15.3. The maximum atomic E-state index is 14.3. The minimum atomic E-state index is -4.90. The summed E-state index contributed by atoms with van der Waals surface area (Å²) >= 11 is 0. The van der Waals surface area contributed by atoms with Crippen molar-refractivity contribution in [3.63, 3.8) is 0 Å². The number of nitrogens with one attached hydrogen (secondary N) is 1. The van der Waals surface area contributed by atoms with Gasteiger partial charge in [-0.15, -0.1) is 0 Å². The molecule has 1 aromatic heterocycles. The van der Waals surface area contributed by atoms with E-state index >= 15 is 0 Å². The number of ether oxygens (including phenoxy) is 2. The Balaban J connectivity index is 2.07. The number of hydrogen-bond donors (Lipinski definition) is 2. The molecular formula is C21H19F5N2O5. The Morgan fingerprint density at radius 3 is 2.48 bits per heavy atom. The second kappa shape index (κ2) is 8.58. The Bertz CT molecular complexity index is 1090. The molecule has 1 aromatic carbocycles. The van der Waals surface area contributed by atoms with Crippen LogP contribution in [-0.4, -0.2) is 47.0 Å². The number of methoxy groups -OCH3 is 1. The van der Waals surface area contributed by atoms with Crippen molar-refractivity contribution in [2.24, 2.45) is 5.92 Å². The average molecular weight is 474 g/mol. The molecule has 1 aliphatic rings. The number of aromatic nitrogens is 1. The zero-order chi connectivity index (χ0) is 24.7. The maximum absolute atomic E-state index is 14.3. The monoisotopic (exact) mass is 474 g/mol. The van der Waals surface area contributed by atoms with Crippen LogP contribution in [0.2, 0.25) is 0 Å². The number of hydrogen-bond acceptors (Lipinski definition) is 5. The maximum Gasteiger partial charge on any atom is 0.417 e. The van der Waals surface area contributed by atoms with Crippen molar-refractivity contribution < 1.29 is 46.1 Å². The number of carbonyl (C=O) groups excluding carboxylic acids is 1. The van der Waals surface area contributed by atoms with E-state index < -0.39 is 64.7 Å². The molecule has 33 heavy (non-hydrogen) atoms. The Morgan fingerprint density at radius 2 is 1.91 bits per heavy atom. The highest BCUT2D eigenvalue weighted by molar-refractivity contribution is 5.96. The molecule has 1 fully saturated rings. The van der Waals surface area contributed by atoms with Crippen LogP contribution in [0.15, 0.2) is 30.5 Å². The number of benzene rings is 1. The molecule has 1 saturated heterocycles. The van der Waals surface area contributed by atoms with Gasteiger partial charge in [-0.1, -0.05) is 13.0 Å². The number of anilines is 1. The Labute approximate surface area is 184 Å². The number of alkyl halides is 3. The summed E-state index contributed by atoms with van der Waals surface area (Å²) in [4.78, 5) is 27.7. The molecule has 3 rings (SSSR count). The smallest absolute Gasteiger partial charge is 0.417 e. The molecule has 2 heterocycles. The minimum Gasteiger partial charge on any atom is -0.493 e. The van der Waals surface area contributed by atoms with E-state index in [0.29, 0.717) is 0 Å². The molecule has 0 bridgehead atoms. The van der Waals surface area contributed by atoms with Gasteiger partial charge in [-0.3, -0.25) is 4.79 Å². The molecule has 1 amide bonds. The molecular weight excluding hydrogens is 455 g/mol. The summed E-state index contributed by atoms with van der Waals surface area (Å²) in [7, 11) is 1.02. The summed E-state index contributed by atoms with van der Waals surface area (Å²) in [5, 5.41) is 11.3. The molecule has 0 radical (unpaired) electrons. The summed E-state index contributed by atoms with van der Waals surface area (Å²) < 4.78 is 80.0. The number of carbonyl (C=O) groups is 2. The van der Waals surface area contributed by atoms with Gasteiger partial charge in [0.15, 0.2) is 17.2 Å². The van der Waals surface area contributed by atoms with Gasteiger partial charge in [0.25, 0.3) is 5.91 Å². The summed E-state index contributed by atoms with van der Waals surface area (Å²) in [5.74, 6) is -8.57. The largest absolute Gasteiger partial charge is 0.493 e. The van der Waals surface area contributed by atoms with Crippen molar-refractivity contribution in [2.75, 3.05) is 12.4 Å². The van der Waals surface area contributed by atoms with Gasteiger partial charge < -0.3 is 19.9 Å². The Hall–Kier alpha value is -3.28. The second-order valence-electron chi connectivity index (χ2n) is 7.67. The van der Waals surface area contributed by atoms with E-state index in [4.69, 9.17) is 14.6 Å². The van der Waals surface area contributed by atoms with E-state index in [-0.39, 0.29) is 11.3 Å². The molecule has 12 heteroatoms. The second-order valence-corrected chi connectivity index (χ2v) is 7.67. The highest BCUT2D eigenvalue weighted by atomic mass is 19.4. The van der Waals surface area contributed by atoms with Crippen molar-refractivity contribution in [1.82, 2.24) is 4.98 Å². The average Bonchev–Trinajstić information content (AvgIpc) is 3.02. The van der Waals surface area contributed by atoms with Crippen LogP contribution in [0.1, 0.15) is 35.8 Å². The summed E-state index contributed by atoms with van der Waals surface area (Å²) in [6.45, 7) is 1.94. The lowest BCUT2D eigenvalue weighted by Gasteiger charge is -2.32. The van der Waals surface area contributed by atoms with Crippen LogP contribution in [0.25, 0.3) is 0 Å². The number of pyridine rings is 1. The van der Waals surface area contributed by atoms with E-state index in [9.17, 15) is 31.5 Å². The molecule has 2 aromatic rings. The summed E-state index contributed by atoms with van der Waals surface area (Å²) in [5.41, 5.74) is -3.45. The zero-order valence-electron chi connectivity index (χ0n) is 17.5. The predicted octanol–water partition coefficient (Wildman–Crippen LogP) is 4.14. The lowest BCUT2D eigenvalue weighted by atomic mass is 9.77. The number of nitrogens with zero attached hydrogens (tertiary/aromatic N) is 1. The predicted molar refractivity (Wildman–Crippen MR) is 104 cm³/mol. The topological polar surface area (TPSA) is 97.8 Å². The third-order valence-corrected chi connectivity index (χ3v) is 5.82. The molecule has 2 N–H and O–H groups in total. The molecule has 0 spiro atoms. The van der Waals surface area contributed by atoms with Crippen molar-refractivity contribution in [2.45, 2.75) is 37.6 Å². The molecule has 7 nitrogen and oxygen atoms in total. The normalized spacial score (nSPS) is 25.0. The van der Waals surface area contributed by atoms with Gasteiger partial charge in [-0.2, -0.15) is 17.6 Å². The standard InChI is InChI=1S/C21H19F5N2O5/c1-9-14(11-4-5-12(22)15(23)16(11)32-3)17(33-20(9,2)21(24,25)26)18(29)28-10-6-7-27-13(8-10)19(30)31/h4-9,14,17H,1-3H3,(H,30,31)(H,27,28,29)/t9-,14-,17+,20+/m0/s1. The van der Waals surface area contributed by atoms with Crippen molar-refractivity contribution in [1.29, 1.82) is 0 Å². The van der Waals surface area contributed by atoms with Gasteiger partial charge in [-0.25, -0.2) is 14.2 Å². The van der Waals surface area contributed by atoms with E-state index in [1.165, 1.54) is 13.0 Å². The molecule has 0 aliphatic carbocycles. The van der Waals surface area contributed by atoms with Crippen LogP contribution in [0, 0.1) is 17.6 Å². The van der Waals surface area contributed by atoms with Crippen molar-refractivity contribution >= 4 is 17.6 Å². The van der Waals surface area contributed by atoms with E-state index in [0.717, 1.165) is 38.4 Å². The quantitative estimate of drug-likeness (QED) is 0.633. The Morgan fingerprint density at radius 1 is 1.24 bits per heavy atom. The van der Waals surface area contributed by atoms with Gasteiger partial charge in [0, 0.05) is 29.3 Å². The fourth-order valence-electron chi connectivity index (χ4n) is 3.88.